The molecule has 0 atom stereocenters. The van der Waals surface area contributed by atoms with E-state index in [1.165, 1.54) is 0 Å². The lowest BCUT2D eigenvalue weighted by Crippen LogP contribution is -2.46. The third-order valence-corrected chi connectivity index (χ3v) is 5.07. The highest BCUT2D eigenvalue weighted by molar-refractivity contribution is 5.47. The van der Waals surface area contributed by atoms with Crippen molar-refractivity contribution < 1.29 is 5.11 Å². The van der Waals surface area contributed by atoms with Crippen LogP contribution in [0.4, 0.5) is 0 Å². The first-order valence-corrected chi connectivity index (χ1v) is 8.74. The Bertz CT molecular complexity index is 861. The number of aryl methyl sites for hydroxylation is 2. The molecule has 3 aromatic rings. The number of aliphatic hydroxyl groups is 1. The van der Waals surface area contributed by atoms with Crippen molar-refractivity contribution in [3.05, 3.63) is 47.9 Å². The van der Waals surface area contributed by atoms with Crippen molar-refractivity contribution in [1.29, 1.82) is 0 Å². The minimum Gasteiger partial charge on any atom is -0.388 e. The molecule has 0 amide bonds. The van der Waals surface area contributed by atoms with Gasteiger partial charge < -0.3 is 9.67 Å². The Kier molecular flexibility index (Phi) is 4.05. The molecule has 4 rings (SSSR count). The molecule has 0 aliphatic carbocycles. The van der Waals surface area contributed by atoms with Gasteiger partial charge in [-0.2, -0.15) is 5.10 Å². The summed E-state index contributed by atoms with van der Waals surface area (Å²) in [7, 11) is 0. The molecular formula is C18H24N6O. The van der Waals surface area contributed by atoms with Gasteiger partial charge in [-0.25, -0.2) is 14.5 Å². The first-order valence-electron chi connectivity index (χ1n) is 8.74. The summed E-state index contributed by atoms with van der Waals surface area (Å²) in [5.41, 5.74) is 3.55. The molecule has 0 radical (unpaired) electrons. The van der Waals surface area contributed by atoms with E-state index >= 15 is 0 Å². The SMILES string of the molecule is Cc1cc(C)n2ncc(CN3CCC(O)(Cn4ccnc4)CC3)c2n1. The van der Waals surface area contributed by atoms with E-state index in [0.29, 0.717) is 6.54 Å². The van der Waals surface area contributed by atoms with Crippen molar-refractivity contribution >= 4 is 5.65 Å². The summed E-state index contributed by atoms with van der Waals surface area (Å²) >= 11 is 0. The highest BCUT2D eigenvalue weighted by Gasteiger charge is 2.32. The van der Waals surface area contributed by atoms with Crippen LogP contribution in [0.15, 0.2) is 31.0 Å². The van der Waals surface area contributed by atoms with Crippen LogP contribution < -0.4 is 0 Å². The number of piperidine rings is 1. The van der Waals surface area contributed by atoms with Gasteiger partial charge >= 0.3 is 0 Å². The zero-order chi connectivity index (χ0) is 17.4. The number of rotatable bonds is 4. The summed E-state index contributed by atoms with van der Waals surface area (Å²) < 4.78 is 3.86. The Morgan fingerprint density at radius 1 is 1.24 bits per heavy atom. The largest absolute Gasteiger partial charge is 0.388 e. The van der Waals surface area contributed by atoms with Gasteiger partial charge in [0.2, 0.25) is 0 Å². The predicted octanol–water partition coefficient (Wildman–Crippen LogP) is 1.57. The van der Waals surface area contributed by atoms with Gasteiger partial charge in [-0.1, -0.05) is 0 Å². The summed E-state index contributed by atoms with van der Waals surface area (Å²) in [4.78, 5) is 11.1. The second-order valence-corrected chi connectivity index (χ2v) is 7.18. The number of hydrogen-bond donors (Lipinski definition) is 1. The van der Waals surface area contributed by atoms with E-state index in [1.54, 1.807) is 12.5 Å². The molecule has 0 unspecified atom stereocenters. The molecule has 1 fully saturated rings. The molecule has 0 bridgehead atoms. The van der Waals surface area contributed by atoms with E-state index in [1.807, 2.05) is 34.5 Å². The Balaban J connectivity index is 1.44. The number of hydrogen-bond acceptors (Lipinski definition) is 5. The van der Waals surface area contributed by atoms with E-state index in [2.05, 4.69) is 26.9 Å². The van der Waals surface area contributed by atoms with Crippen LogP contribution in [0.5, 0.6) is 0 Å². The molecule has 1 saturated heterocycles. The monoisotopic (exact) mass is 340 g/mol. The summed E-state index contributed by atoms with van der Waals surface area (Å²) in [6, 6.07) is 2.04. The van der Waals surface area contributed by atoms with Crippen LogP contribution in [0.25, 0.3) is 5.65 Å². The molecule has 1 aliphatic heterocycles. The first-order chi connectivity index (χ1) is 12.0. The van der Waals surface area contributed by atoms with Crippen molar-refractivity contribution in [3.63, 3.8) is 0 Å². The summed E-state index contributed by atoms with van der Waals surface area (Å²) in [6.45, 7) is 7.23. The highest BCUT2D eigenvalue weighted by atomic mass is 16.3. The summed E-state index contributed by atoms with van der Waals surface area (Å²) in [5, 5.41) is 15.3. The van der Waals surface area contributed by atoms with E-state index < -0.39 is 5.60 Å². The third-order valence-electron chi connectivity index (χ3n) is 5.07. The van der Waals surface area contributed by atoms with E-state index in [0.717, 1.165) is 55.1 Å². The fraction of sp³-hybridized carbons (Fsp3) is 0.500. The second-order valence-electron chi connectivity index (χ2n) is 7.18. The van der Waals surface area contributed by atoms with Crippen LogP contribution in [-0.4, -0.2) is 52.8 Å². The molecule has 132 valence electrons. The molecule has 7 heteroatoms. The van der Waals surface area contributed by atoms with Gasteiger partial charge in [-0.15, -0.1) is 0 Å². The normalized spacial score (nSPS) is 18.0. The maximum atomic E-state index is 10.8. The minimum atomic E-state index is -0.649. The quantitative estimate of drug-likeness (QED) is 0.781. The Hall–Kier alpha value is -2.25. The maximum Gasteiger partial charge on any atom is 0.159 e. The van der Waals surface area contributed by atoms with Gasteiger partial charge in [0, 0.05) is 49.0 Å². The molecule has 3 aromatic heterocycles. The number of aromatic nitrogens is 5. The lowest BCUT2D eigenvalue weighted by molar-refractivity contribution is -0.0357. The molecule has 0 spiro atoms. The second kappa shape index (κ2) is 6.24. The van der Waals surface area contributed by atoms with Gasteiger partial charge in [0.1, 0.15) is 0 Å². The fourth-order valence-corrected chi connectivity index (χ4v) is 3.67. The standard InChI is InChI=1S/C18H24N6O/c1-14-9-15(2)24-17(21-14)16(10-20-24)11-22-6-3-18(25,4-7-22)12-23-8-5-19-13-23/h5,8-10,13,25H,3-4,6-7,11-12H2,1-2H3. The number of imidazole rings is 1. The number of likely N-dealkylation sites (tertiary alicyclic amines) is 1. The van der Waals surface area contributed by atoms with Crippen LogP contribution in [-0.2, 0) is 13.1 Å². The van der Waals surface area contributed by atoms with Gasteiger partial charge in [-0.3, -0.25) is 4.90 Å². The van der Waals surface area contributed by atoms with Crippen molar-refractivity contribution in [2.24, 2.45) is 0 Å². The Morgan fingerprint density at radius 3 is 2.76 bits per heavy atom. The highest BCUT2D eigenvalue weighted by Crippen LogP contribution is 2.25. The molecule has 0 aromatic carbocycles. The maximum absolute atomic E-state index is 10.8. The number of fused-ring (bicyclic) bond motifs is 1. The van der Waals surface area contributed by atoms with Crippen molar-refractivity contribution in [3.8, 4) is 0 Å². The fourth-order valence-electron chi connectivity index (χ4n) is 3.67. The zero-order valence-corrected chi connectivity index (χ0v) is 14.8. The van der Waals surface area contributed by atoms with Crippen LogP contribution in [0, 0.1) is 13.8 Å². The molecular weight excluding hydrogens is 316 g/mol. The van der Waals surface area contributed by atoms with Crippen LogP contribution in [0.2, 0.25) is 0 Å². The smallest absolute Gasteiger partial charge is 0.159 e. The van der Waals surface area contributed by atoms with Gasteiger partial charge in [0.05, 0.1) is 24.7 Å². The van der Waals surface area contributed by atoms with Crippen LogP contribution in [0.3, 0.4) is 0 Å². The molecule has 25 heavy (non-hydrogen) atoms. The zero-order valence-electron chi connectivity index (χ0n) is 14.8. The third kappa shape index (κ3) is 3.29. The molecule has 1 aliphatic rings. The molecule has 1 N–H and O–H groups in total. The van der Waals surface area contributed by atoms with E-state index in [-0.39, 0.29) is 0 Å². The van der Waals surface area contributed by atoms with E-state index in [9.17, 15) is 5.11 Å². The van der Waals surface area contributed by atoms with Crippen LogP contribution in [0.1, 0.15) is 29.8 Å². The van der Waals surface area contributed by atoms with Gasteiger partial charge in [0.25, 0.3) is 0 Å². The van der Waals surface area contributed by atoms with Crippen LogP contribution >= 0.6 is 0 Å². The Morgan fingerprint density at radius 2 is 2.04 bits per heavy atom. The Labute approximate surface area is 146 Å². The summed E-state index contributed by atoms with van der Waals surface area (Å²) in [5.74, 6) is 0. The van der Waals surface area contributed by atoms with E-state index in [4.69, 9.17) is 0 Å². The predicted molar refractivity (Wildman–Crippen MR) is 94.1 cm³/mol. The van der Waals surface area contributed by atoms with Crippen molar-refractivity contribution in [2.45, 2.75) is 45.4 Å². The summed E-state index contributed by atoms with van der Waals surface area (Å²) in [6.07, 6.45) is 8.85. The molecule has 4 heterocycles. The minimum absolute atomic E-state index is 0.609. The van der Waals surface area contributed by atoms with Gasteiger partial charge in [0.15, 0.2) is 5.65 Å². The van der Waals surface area contributed by atoms with Crippen molar-refractivity contribution in [1.82, 2.24) is 29.0 Å². The topological polar surface area (TPSA) is 71.5 Å². The average molecular weight is 340 g/mol. The first kappa shape index (κ1) is 16.2. The van der Waals surface area contributed by atoms with Gasteiger partial charge in [-0.05, 0) is 32.8 Å². The molecule has 7 nitrogen and oxygen atoms in total. The van der Waals surface area contributed by atoms with Crippen molar-refractivity contribution in [2.75, 3.05) is 13.1 Å². The average Bonchev–Trinajstić information content (AvgIpc) is 3.20. The lowest BCUT2D eigenvalue weighted by atomic mass is 9.91. The lowest BCUT2D eigenvalue weighted by Gasteiger charge is -2.38. The molecule has 0 saturated carbocycles. The number of nitrogens with zero attached hydrogens (tertiary/aromatic N) is 6.